The standard InChI is InChI=1S/C23H26N4O2/c1-15-7-4-10-18(13-15)21-25-22(29-26-21)19-11-6-12-27(14-19)23(28)24-20-16(2)8-5-9-17(20)3/h4-5,7-10,13,19H,6,11-12,14H2,1-3H3,(H,24,28). The number of nitrogens with zero attached hydrogens (tertiary/aromatic N) is 3. The number of nitrogens with one attached hydrogen (secondary N) is 1. The molecule has 2 amide bonds. The number of amides is 2. The summed E-state index contributed by atoms with van der Waals surface area (Å²) in [4.78, 5) is 19.3. The Hall–Kier alpha value is -3.15. The molecule has 1 aliphatic rings. The molecule has 2 heterocycles. The molecule has 0 saturated carbocycles. The monoisotopic (exact) mass is 390 g/mol. The lowest BCUT2D eigenvalue weighted by molar-refractivity contribution is 0.184. The van der Waals surface area contributed by atoms with Gasteiger partial charge in [0.2, 0.25) is 11.7 Å². The van der Waals surface area contributed by atoms with E-state index < -0.39 is 0 Å². The molecule has 2 aromatic carbocycles. The first kappa shape index (κ1) is 19.2. The number of carbonyl (C=O) groups excluding carboxylic acids is 1. The van der Waals surface area contributed by atoms with Crippen LogP contribution in [0.3, 0.4) is 0 Å². The maximum atomic E-state index is 12.9. The quantitative estimate of drug-likeness (QED) is 0.677. The van der Waals surface area contributed by atoms with E-state index in [0.29, 0.717) is 18.3 Å². The van der Waals surface area contributed by atoms with E-state index in [9.17, 15) is 4.79 Å². The van der Waals surface area contributed by atoms with Gasteiger partial charge >= 0.3 is 6.03 Å². The van der Waals surface area contributed by atoms with Gasteiger partial charge in [-0.1, -0.05) is 47.1 Å². The summed E-state index contributed by atoms with van der Waals surface area (Å²) in [5.74, 6) is 1.26. The van der Waals surface area contributed by atoms with Crippen molar-refractivity contribution in [2.24, 2.45) is 0 Å². The Balaban J connectivity index is 1.47. The van der Waals surface area contributed by atoms with Crippen LogP contribution in [0.1, 0.15) is 41.3 Å². The third kappa shape index (κ3) is 4.16. The average molecular weight is 390 g/mol. The van der Waals surface area contributed by atoms with Gasteiger partial charge in [-0.25, -0.2) is 4.79 Å². The Kier molecular flexibility index (Phi) is 5.34. The van der Waals surface area contributed by atoms with Crippen LogP contribution in [0.25, 0.3) is 11.4 Å². The fourth-order valence-electron chi connectivity index (χ4n) is 3.86. The number of likely N-dealkylation sites (tertiary alicyclic amines) is 1. The Morgan fingerprint density at radius 1 is 1.14 bits per heavy atom. The van der Waals surface area contributed by atoms with Crippen molar-refractivity contribution < 1.29 is 9.32 Å². The first-order chi connectivity index (χ1) is 14.0. The fraction of sp³-hybridized carbons (Fsp3) is 0.348. The van der Waals surface area contributed by atoms with E-state index in [0.717, 1.165) is 47.3 Å². The third-order valence-electron chi connectivity index (χ3n) is 5.49. The summed E-state index contributed by atoms with van der Waals surface area (Å²) in [5.41, 5.74) is 5.11. The van der Waals surface area contributed by atoms with Gasteiger partial charge in [0, 0.05) is 24.3 Å². The molecule has 4 rings (SSSR count). The Bertz CT molecular complexity index is 1010. The summed E-state index contributed by atoms with van der Waals surface area (Å²) in [6.07, 6.45) is 1.84. The molecular weight excluding hydrogens is 364 g/mol. The smallest absolute Gasteiger partial charge is 0.321 e. The second-order valence-electron chi connectivity index (χ2n) is 7.81. The Morgan fingerprint density at radius 2 is 1.90 bits per heavy atom. The maximum Gasteiger partial charge on any atom is 0.321 e. The molecule has 1 saturated heterocycles. The van der Waals surface area contributed by atoms with E-state index >= 15 is 0 Å². The van der Waals surface area contributed by atoms with Crippen LogP contribution in [0.5, 0.6) is 0 Å². The van der Waals surface area contributed by atoms with E-state index in [2.05, 4.69) is 15.5 Å². The number of benzene rings is 2. The topological polar surface area (TPSA) is 71.3 Å². The fourth-order valence-corrected chi connectivity index (χ4v) is 3.86. The van der Waals surface area contributed by atoms with Gasteiger partial charge in [-0.15, -0.1) is 0 Å². The SMILES string of the molecule is Cc1cccc(-c2noc(C3CCCN(C(=O)Nc4c(C)cccc4C)C3)n2)c1. The molecule has 0 bridgehead atoms. The van der Waals surface area contributed by atoms with Crippen molar-refractivity contribution in [3.8, 4) is 11.4 Å². The first-order valence-corrected chi connectivity index (χ1v) is 10.0. The zero-order chi connectivity index (χ0) is 20.4. The largest absolute Gasteiger partial charge is 0.339 e. The molecule has 0 spiro atoms. The van der Waals surface area contributed by atoms with Crippen LogP contribution in [-0.4, -0.2) is 34.2 Å². The Labute approximate surface area is 170 Å². The van der Waals surface area contributed by atoms with E-state index in [1.807, 2.05) is 68.1 Å². The Morgan fingerprint density at radius 3 is 2.66 bits per heavy atom. The van der Waals surface area contributed by atoms with E-state index in [1.54, 1.807) is 0 Å². The minimum absolute atomic E-state index is 0.0542. The molecule has 1 fully saturated rings. The van der Waals surface area contributed by atoms with Crippen molar-refractivity contribution >= 4 is 11.7 Å². The van der Waals surface area contributed by atoms with Crippen LogP contribution >= 0.6 is 0 Å². The number of carbonyl (C=O) groups is 1. The molecule has 1 aliphatic heterocycles. The molecule has 1 N–H and O–H groups in total. The summed E-state index contributed by atoms with van der Waals surface area (Å²) in [6.45, 7) is 7.36. The van der Waals surface area contributed by atoms with Crippen LogP contribution in [-0.2, 0) is 0 Å². The van der Waals surface area contributed by atoms with Gasteiger partial charge in [-0.05, 0) is 50.8 Å². The zero-order valence-corrected chi connectivity index (χ0v) is 17.1. The van der Waals surface area contributed by atoms with Crippen molar-refractivity contribution in [3.05, 3.63) is 65.0 Å². The molecule has 0 aliphatic carbocycles. The highest BCUT2D eigenvalue weighted by Crippen LogP contribution is 2.28. The minimum Gasteiger partial charge on any atom is -0.339 e. The molecule has 0 radical (unpaired) electrons. The summed E-state index contributed by atoms with van der Waals surface area (Å²) >= 11 is 0. The van der Waals surface area contributed by atoms with Gasteiger partial charge < -0.3 is 14.7 Å². The van der Waals surface area contributed by atoms with Gasteiger partial charge in [-0.3, -0.25) is 0 Å². The lowest BCUT2D eigenvalue weighted by atomic mass is 9.98. The number of piperidine rings is 1. The second-order valence-corrected chi connectivity index (χ2v) is 7.81. The predicted molar refractivity (Wildman–Crippen MR) is 113 cm³/mol. The number of anilines is 1. The number of urea groups is 1. The molecule has 3 aromatic rings. The summed E-state index contributed by atoms with van der Waals surface area (Å²) in [6, 6.07) is 14.0. The minimum atomic E-state index is -0.0782. The highest BCUT2D eigenvalue weighted by molar-refractivity contribution is 5.91. The first-order valence-electron chi connectivity index (χ1n) is 10.0. The number of aromatic nitrogens is 2. The van der Waals surface area contributed by atoms with Crippen molar-refractivity contribution in [2.75, 3.05) is 18.4 Å². The lowest BCUT2D eigenvalue weighted by Gasteiger charge is -2.31. The third-order valence-corrected chi connectivity index (χ3v) is 5.49. The van der Waals surface area contributed by atoms with E-state index in [4.69, 9.17) is 4.52 Å². The van der Waals surface area contributed by atoms with E-state index in [1.165, 1.54) is 0 Å². The maximum absolute atomic E-state index is 12.9. The number of para-hydroxylation sites is 1. The predicted octanol–water partition coefficient (Wildman–Crippen LogP) is 5.07. The van der Waals surface area contributed by atoms with Crippen LogP contribution in [0.2, 0.25) is 0 Å². The van der Waals surface area contributed by atoms with Gasteiger partial charge in [0.25, 0.3) is 0 Å². The van der Waals surface area contributed by atoms with Crippen LogP contribution in [0.4, 0.5) is 10.5 Å². The molecule has 6 heteroatoms. The van der Waals surface area contributed by atoms with Gasteiger partial charge in [0.15, 0.2) is 0 Å². The molecule has 1 atom stereocenters. The molecule has 1 aromatic heterocycles. The molecule has 150 valence electrons. The lowest BCUT2D eigenvalue weighted by Crippen LogP contribution is -2.41. The normalized spacial score (nSPS) is 16.7. The molecule has 6 nitrogen and oxygen atoms in total. The molecule has 29 heavy (non-hydrogen) atoms. The van der Waals surface area contributed by atoms with Crippen molar-refractivity contribution in [1.29, 1.82) is 0 Å². The van der Waals surface area contributed by atoms with E-state index in [-0.39, 0.29) is 11.9 Å². The van der Waals surface area contributed by atoms with Gasteiger partial charge in [0.05, 0.1) is 5.92 Å². The van der Waals surface area contributed by atoms with Gasteiger partial charge in [-0.2, -0.15) is 4.98 Å². The van der Waals surface area contributed by atoms with Crippen LogP contribution in [0.15, 0.2) is 47.0 Å². The summed E-state index contributed by atoms with van der Waals surface area (Å²) < 4.78 is 5.56. The summed E-state index contributed by atoms with van der Waals surface area (Å²) in [5, 5.41) is 7.24. The second kappa shape index (κ2) is 8.07. The van der Waals surface area contributed by atoms with Crippen LogP contribution in [0, 0.1) is 20.8 Å². The number of hydrogen-bond acceptors (Lipinski definition) is 4. The number of rotatable bonds is 3. The molecular formula is C23H26N4O2. The molecule has 1 unspecified atom stereocenters. The number of aryl methyl sites for hydroxylation is 3. The summed E-state index contributed by atoms with van der Waals surface area (Å²) in [7, 11) is 0. The van der Waals surface area contributed by atoms with Crippen LogP contribution < -0.4 is 5.32 Å². The van der Waals surface area contributed by atoms with Crippen molar-refractivity contribution in [2.45, 2.75) is 39.5 Å². The number of hydrogen-bond donors (Lipinski definition) is 1. The average Bonchev–Trinajstić information content (AvgIpc) is 3.21. The highest BCUT2D eigenvalue weighted by Gasteiger charge is 2.29. The van der Waals surface area contributed by atoms with Crippen molar-refractivity contribution in [1.82, 2.24) is 15.0 Å². The zero-order valence-electron chi connectivity index (χ0n) is 17.1. The van der Waals surface area contributed by atoms with Crippen molar-refractivity contribution in [3.63, 3.8) is 0 Å². The van der Waals surface area contributed by atoms with Gasteiger partial charge in [0.1, 0.15) is 0 Å². The highest BCUT2D eigenvalue weighted by atomic mass is 16.5.